The summed E-state index contributed by atoms with van der Waals surface area (Å²) in [5.74, 6) is -0.310. The molecule has 0 bridgehead atoms. The SMILES string of the molecule is CCCCCC(CCCCC)S(=O)(=O)CC=O. The fourth-order valence-electron chi connectivity index (χ4n) is 1.98. The third kappa shape index (κ3) is 7.53. The number of hydrogen-bond acceptors (Lipinski definition) is 3. The highest BCUT2D eigenvalue weighted by atomic mass is 32.2. The van der Waals surface area contributed by atoms with Crippen LogP contribution in [0.25, 0.3) is 0 Å². The second kappa shape index (κ2) is 9.63. The van der Waals surface area contributed by atoms with Gasteiger partial charge in [0.15, 0.2) is 9.84 Å². The molecule has 0 fully saturated rings. The summed E-state index contributed by atoms with van der Waals surface area (Å²) in [5, 5.41) is -0.300. The zero-order chi connectivity index (χ0) is 13.1. The molecule has 0 N–H and O–H groups in total. The van der Waals surface area contributed by atoms with Crippen LogP contribution in [0.5, 0.6) is 0 Å². The van der Waals surface area contributed by atoms with Crippen molar-refractivity contribution in [3.63, 3.8) is 0 Å². The summed E-state index contributed by atoms with van der Waals surface area (Å²) in [6.07, 6.45) is 8.17. The molecule has 4 heteroatoms. The van der Waals surface area contributed by atoms with Gasteiger partial charge in [-0.05, 0) is 12.8 Å². The molecule has 0 aliphatic rings. The lowest BCUT2D eigenvalue weighted by Crippen LogP contribution is -2.25. The third-order valence-electron chi connectivity index (χ3n) is 3.07. The monoisotopic (exact) mass is 262 g/mol. The van der Waals surface area contributed by atoms with Gasteiger partial charge in [-0.3, -0.25) is 0 Å². The predicted octanol–water partition coefficient (Wildman–Crippen LogP) is 3.13. The Morgan fingerprint density at radius 2 is 1.41 bits per heavy atom. The average molecular weight is 262 g/mol. The van der Waals surface area contributed by atoms with Gasteiger partial charge < -0.3 is 4.79 Å². The maximum absolute atomic E-state index is 11.9. The second-order valence-electron chi connectivity index (χ2n) is 4.61. The van der Waals surface area contributed by atoms with Gasteiger partial charge in [0.2, 0.25) is 0 Å². The van der Waals surface area contributed by atoms with Crippen LogP contribution >= 0.6 is 0 Å². The molecule has 17 heavy (non-hydrogen) atoms. The van der Waals surface area contributed by atoms with E-state index in [1.54, 1.807) is 0 Å². The van der Waals surface area contributed by atoms with Gasteiger partial charge in [-0.25, -0.2) is 8.42 Å². The van der Waals surface area contributed by atoms with Crippen molar-refractivity contribution in [3.05, 3.63) is 0 Å². The molecule has 0 unspecified atom stereocenters. The van der Waals surface area contributed by atoms with Gasteiger partial charge >= 0.3 is 0 Å². The molecule has 0 saturated carbocycles. The van der Waals surface area contributed by atoms with E-state index in [0.717, 1.165) is 38.5 Å². The second-order valence-corrected chi connectivity index (χ2v) is 6.94. The summed E-state index contributed by atoms with van der Waals surface area (Å²) in [6.45, 7) is 4.21. The van der Waals surface area contributed by atoms with Gasteiger partial charge in [0.05, 0.1) is 5.25 Å². The molecule has 0 spiro atoms. The van der Waals surface area contributed by atoms with Gasteiger partial charge in [0.25, 0.3) is 0 Å². The minimum Gasteiger partial charge on any atom is -0.302 e. The fourth-order valence-corrected chi connectivity index (χ4v) is 3.49. The Hall–Kier alpha value is -0.380. The van der Waals surface area contributed by atoms with Gasteiger partial charge in [-0.15, -0.1) is 0 Å². The summed E-state index contributed by atoms with van der Waals surface area (Å²) in [6, 6.07) is 0. The Bertz CT molecular complexity index is 273. The molecule has 0 aliphatic carbocycles. The minimum absolute atomic E-state index is 0.300. The average Bonchev–Trinajstić information content (AvgIpc) is 2.27. The molecule has 0 atom stereocenters. The van der Waals surface area contributed by atoms with E-state index in [9.17, 15) is 13.2 Å². The fraction of sp³-hybridized carbons (Fsp3) is 0.923. The number of sulfone groups is 1. The lowest BCUT2D eigenvalue weighted by atomic mass is 10.1. The first kappa shape index (κ1) is 16.6. The topological polar surface area (TPSA) is 51.2 Å². The summed E-state index contributed by atoms with van der Waals surface area (Å²) < 4.78 is 23.8. The van der Waals surface area contributed by atoms with Crippen LogP contribution in [0, 0.1) is 0 Å². The minimum atomic E-state index is -3.20. The van der Waals surface area contributed by atoms with E-state index >= 15 is 0 Å². The number of rotatable bonds is 11. The van der Waals surface area contributed by atoms with Gasteiger partial charge in [0.1, 0.15) is 12.0 Å². The number of unbranched alkanes of at least 4 members (excludes halogenated alkanes) is 4. The highest BCUT2D eigenvalue weighted by Crippen LogP contribution is 2.18. The van der Waals surface area contributed by atoms with Crippen molar-refractivity contribution in [2.45, 2.75) is 70.5 Å². The molecule has 0 radical (unpaired) electrons. The van der Waals surface area contributed by atoms with Gasteiger partial charge in [-0.1, -0.05) is 52.4 Å². The third-order valence-corrected chi connectivity index (χ3v) is 5.16. The summed E-state index contributed by atoms with van der Waals surface area (Å²) in [7, 11) is -3.20. The van der Waals surface area contributed by atoms with Crippen molar-refractivity contribution in [1.82, 2.24) is 0 Å². The molecular formula is C13H26O3S. The first-order valence-electron chi connectivity index (χ1n) is 6.73. The molecule has 0 aliphatic heterocycles. The van der Waals surface area contributed by atoms with E-state index in [1.165, 1.54) is 0 Å². The lowest BCUT2D eigenvalue weighted by molar-refractivity contribution is -0.105. The molecule has 0 heterocycles. The standard InChI is InChI=1S/C13H26O3S/c1-3-5-7-9-13(10-8-6-4-2)17(15,16)12-11-14/h11,13H,3-10,12H2,1-2H3. The first-order chi connectivity index (χ1) is 8.08. The number of aldehydes is 1. The zero-order valence-corrected chi connectivity index (χ0v) is 12.0. The van der Waals surface area contributed by atoms with Crippen molar-refractivity contribution < 1.29 is 13.2 Å². The zero-order valence-electron chi connectivity index (χ0n) is 11.2. The Kier molecular flexibility index (Phi) is 9.41. The van der Waals surface area contributed by atoms with Crippen LogP contribution in [0.4, 0.5) is 0 Å². The van der Waals surface area contributed by atoms with Crippen molar-refractivity contribution in [2.75, 3.05) is 5.75 Å². The predicted molar refractivity (Wildman–Crippen MR) is 71.9 cm³/mol. The van der Waals surface area contributed by atoms with Crippen molar-refractivity contribution in [2.24, 2.45) is 0 Å². The summed E-state index contributed by atoms with van der Waals surface area (Å²) >= 11 is 0. The van der Waals surface area contributed by atoms with E-state index in [2.05, 4.69) is 13.8 Å². The molecular weight excluding hydrogens is 236 g/mol. The van der Waals surface area contributed by atoms with Crippen molar-refractivity contribution >= 4 is 16.1 Å². The van der Waals surface area contributed by atoms with E-state index < -0.39 is 9.84 Å². The smallest absolute Gasteiger partial charge is 0.159 e. The molecule has 0 rings (SSSR count). The molecule has 102 valence electrons. The maximum Gasteiger partial charge on any atom is 0.159 e. The number of carbonyl (C=O) groups is 1. The number of carbonyl (C=O) groups excluding carboxylic acids is 1. The summed E-state index contributed by atoms with van der Waals surface area (Å²) in [4.78, 5) is 10.4. The molecule has 0 amide bonds. The van der Waals surface area contributed by atoms with Crippen molar-refractivity contribution in [3.8, 4) is 0 Å². The first-order valence-corrected chi connectivity index (χ1v) is 8.45. The van der Waals surface area contributed by atoms with Crippen molar-refractivity contribution in [1.29, 1.82) is 0 Å². The normalized spacial score (nSPS) is 11.9. The van der Waals surface area contributed by atoms with E-state index in [0.29, 0.717) is 19.1 Å². The largest absolute Gasteiger partial charge is 0.302 e. The lowest BCUT2D eigenvalue weighted by Gasteiger charge is -2.16. The van der Waals surface area contributed by atoms with Gasteiger partial charge in [0, 0.05) is 0 Å². The Morgan fingerprint density at radius 1 is 0.941 bits per heavy atom. The maximum atomic E-state index is 11.9. The van der Waals surface area contributed by atoms with Crippen LogP contribution < -0.4 is 0 Å². The van der Waals surface area contributed by atoms with Crippen LogP contribution in [-0.2, 0) is 14.6 Å². The highest BCUT2D eigenvalue weighted by Gasteiger charge is 2.23. The highest BCUT2D eigenvalue weighted by molar-refractivity contribution is 7.92. The quantitative estimate of drug-likeness (QED) is 0.424. The van der Waals surface area contributed by atoms with Gasteiger partial charge in [-0.2, -0.15) is 0 Å². The summed E-state index contributed by atoms with van der Waals surface area (Å²) in [5.41, 5.74) is 0. The van der Waals surface area contributed by atoms with E-state index in [-0.39, 0.29) is 11.0 Å². The molecule has 3 nitrogen and oxygen atoms in total. The van der Waals surface area contributed by atoms with Crippen LogP contribution in [-0.4, -0.2) is 25.7 Å². The molecule has 0 aromatic carbocycles. The van der Waals surface area contributed by atoms with E-state index in [1.807, 2.05) is 0 Å². The van der Waals surface area contributed by atoms with Crippen LogP contribution in [0.2, 0.25) is 0 Å². The van der Waals surface area contributed by atoms with Crippen LogP contribution in [0.1, 0.15) is 65.2 Å². The Morgan fingerprint density at radius 3 is 1.76 bits per heavy atom. The molecule has 0 aromatic rings. The van der Waals surface area contributed by atoms with E-state index in [4.69, 9.17) is 0 Å². The van der Waals surface area contributed by atoms with Crippen LogP contribution in [0.3, 0.4) is 0 Å². The Balaban J connectivity index is 4.32. The molecule has 0 saturated heterocycles. The molecule has 0 aromatic heterocycles. The number of hydrogen-bond donors (Lipinski definition) is 0. The Labute approximate surface area is 106 Å². The van der Waals surface area contributed by atoms with Crippen LogP contribution in [0.15, 0.2) is 0 Å².